The molecule has 1 atom stereocenters. The van der Waals surface area contributed by atoms with Crippen molar-refractivity contribution in [3.63, 3.8) is 0 Å². The van der Waals surface area contributed by atoms with Gasteiger partial charge < -0.3 is 20.8 Å². The molecule has 1 aliphatic rings. The molecule has 1 aliphatic carbocycles. The first-order valence-corrected chi connectivity index (χ1v) is 15.2. The van der Waals surface area contributed by atoms with Crippen LogP contribution in [-0.2, 0) is 10.0 Å². The molecule has 0 amide bonds. The third kappa shape index (κ3) is 5.27. The third-order valence-corrected chi connectivity index (χ3v) is 8.77. The SMILES string of the molecule is CCCS(=O)(=O)Nc1ccc(-c2c(C(N)I)c3ccc(Oc4ncccc4N)cc3n2C2CCC2)cc1. The molecule has 5 rings (SSSR count). The van der Waals surface area contributed by atoms with Crippen molar-refractivity contribution in [3.8, 4) is 22.9 Å². The Balaban J connectivity index is 1.61. The van der Waals surface area contributed by atoms with Crippen molar-refractivity contribution in [3.05, 3.63) is 66.4 Å². The van der Waals surface area contributed by atoms with Crippen LogP contribution in [0, 0.1) is 0 Å². The van der Waals surface area contributed by atoms with Crippen molar-refractivity contribution in [2.45, 2.75) is 42.7 Å². The van der Waals surface area contributed by atoms with Gasteiger partial charge >= 0.3 is 0 Å². The number of anilines is 2. The second-order valence-electron chi connectivity index (χ2n) is 9.30. The van der Waals surface area contributed by atoms with Crippen LogP contribution in [0.3, 0.4) is 0 Å². The van der Waals surface area contributed by atoms with Crippen molar-refractivity contribution in [1.29, 1.82) is 0 Å². The van der Waals surface area contributed by atoms with Crippen molar-refractivity contribution < 1.29 is 13.2 Å². The number of aromatic nitrogens is 2. The molecular formula is C27H30IN5O3S. The number of nitrogens with zero attached hydrogens (tertiary/aromatic N) is 2. The normalized spacial score (nSPS) is 14.9. The summed E-state index contributed by atoms with van der Waals surface area (Å²) in [5, 5.41) is 1.07. The number of alkyl halides is 1. The first-order valence-electron chi connectivity index (χ1n) is 12.3. The summed E-state index contributed by atoms with van der Waals surface area (Å²) in [6.07, 6.45) is 5.55. The number of nitrogens with two attached hydrogens (primary N) is 2. The van der Waals surface area contributed by atoms with E-state index in [-0.39, 0.29) is 9.80 Å². The molecule has 2 heterocycles. The van der Waals surface area contributed by atoms with Gasteiger partial charge in [0.05, 0.1) is 26.7 Å². The molecule has 4 aromatic rings. The lowest BCUT2D eigenvalue weighted by Gasteiger charge is -2.30. The van der Waals surface area contributed by atoms with E-state index < -0.39 is 10.0 Å². The lowest BCUT2D eigenvalue weighted by atomic mass is 9.92. The summed E-state index contributed by atoms with van der Waals surface area (Å²) in [4.78, 5) is 4.26. The number of ether oxygens (including phenoxy) is 1. The molecule has 0 saturated heterocycles. The zero-order valence-electron chi connectivity index (χ0n) is 20.5. The Morgan fingerprint density at radius 2 is 1.95 bits per heavy atom. The summed E-state index contributed by atoms with van der Waals surface area (Å²) in [6, 6.07) is 17.4. The summed E-state index contributed by atoms with van der Waals surface area (Å²) in [5.41, 5.74) is 17.7. The van der Waals surface area contributed by atoms with Crippen LogP contribution in [0.2, 0.25) is 0 Å². The van der Waals surface area contributed by atoms with Crippen molar-refractivity contribution in [1.82, 2.24) is 9.55 Å². The Hall–Kier alpha value is -2.83. The zero-order valence-corrected chi connectivity index (χ0v) is 23.5. The minimum atomic E-state index is -3.36. The first kappa shape index (κ1) is 25.8. The Kier molecular flexibility index (Phi) is 7.32. The van der Waals surface area contributed by atoms with Gasteiger partial charge in [-0.25, -0.2) is 13.4 Å². The van der Waals surface area contributed by atoms with Gasteiger partial charge in [-0.2, -0.15) is 0 Å². The average Bonchev–Trinajstić information content (AvgIpc) is 3.14. The smallest absolute Gasteiger partial charge is 0.242 e. The first-order chi connectivity index (χ1) is 17.8. The summed E-state index contributed by atoms with van der Waals surface area (Å²) in [5.74, 6) is 1.11. The van der Waals surface area contributed by atoms with Crippen LogP contribution >= 0.6 is 22.6 Å². The monoisotopic (exact) mass is 631 g/mol. The maximum Gasteiger partial charge on any atom is 0.242 e. The second kappa shape index (κ2) is 10.5. The van der Waals surface area contributed by atoms with E-state index in [1.165, 1.54) is 6.42 Å². The number of benzene rings is 2. The zero-order chi connectivity index (χ0) is 26.2. The fraction of sp³-hybridized carbons (Fsp3) is 0.296. The summed E-state index contributed by atoms with van der Waals surface area (Å²) >= 11 is 2.26. The van der Waals surface area contributed by atoms with Crippen LogP contribution in [-0.4, -0.2) is 23.7 Å². The topological polar surface area (TPSA) is 125 Å². The molecule has 2 aromatic carbocycles. The van der Waals surface area contributed by atoms with E-state index in [4.69, 9.17) is 16.2 Å². The third-order valence-electron chi connectivity index (χ3n) is 6.65. The van der Waals surface area contributed by atoms with Crippen molar-refractivity contribution >= 4 is 54.9 Å². The minimum Gasteiger partial charge on any atom is -0.437 e. The molecule has 2 aromatic heterocycles. The fourth-order valence-electron chi connectivity index (χ4n) is 4.77. The van der Waals surface area contributed by atoms with Crippen LogP contribution < -0.4 is 20.9 Å². The molecule has 1 fully saturated rings. The summed E-state index contributed by atoms with van der Waals surface area (Å²) in [6.45, 7) is 1.85. The van der Waals surface area contributed by atoms with Crippen LogP contribution in [0.25, 0.3) is 22.2 Å². The van der Waals surface area contributed by atoms with E-state index in [2.05, 4.69) is 36.9 Å². The number of pyridine rings is 1. The number of rotatable bonds is 9. The molecule has 1 unspecified atom stereocenters. The Labute approximate surface area is 230 Å². The van der Waals surface area contributed by atoms with E-state index in [9.17, 15) is 8.42 Å². The van der Waals surface area contributed by atoms with Gasteiger partial charge in [0.25, 0.3) is 0 Å². The van der Waals surface area contributed by atoms with E-state index in [0.717, 1.165) is 40.6 Å². The van der Waals surface area contributed by atoms with E-state index >= 15 is 0 Å². The largest absolute Gasteiger partial charge is 0.437 e. The van der Waals surface area contributed by atoms with Gasteiger partial charge in [0.1, 0.15) is 5.75 Å². The molecule has 0 radical (unpaired) electrons. The highest BCUT2D eigenvalue weighted by Crippen LogP contribution is 2.46. The van der Waals surface area contributed by atoms with Gasteiger partial charge in [-0.1, -0.05) is 41.6 Å². The minimum absolute atomic E-state index is 0.0903. The molecule has 10 heteroatoms. The van der Waals surface area contributed by atoms with Gasteiger partial charge in [0.2, 0.25) is 15.9 Å². The number of hydrogen-bond acceptors (Lipinski definition) is 6. The van der Waals surface area contributed by atoms with E-state index in [1.807, 2.05) is 49.4 Å². The standard InChI is InChI=1S/C27H30IN5O3S/c1-2-15-37(34,35)32-18-10-8-17(9-11-18)25-24(26(28)30)21-13-12-20(36-27-22(29)7-4-14-31-27)16-23(21)33(25)19-5-3-6-19/h4,7-14,16,19,26,32H,2-3,5-6,15,29-30H2,1H3. The van der Waals surface area contributed by atoms with Crippen LogP contribution in [0.15, 0.2) is 60.8 Å². The predicted molar refractivity (Wildman–Crippen MR) is 158 cm³/mol. The van der Waals surface area contributed by atoms with E-state index in [0.29, 0.717) is 35.5 Å². The maximum absolute atomic E-state index is 12.2. The molecule has 0 bridgehead atoms. The Morgan fingerprint density at radius 3 is 2.57 bits per heavy atom. The fourth-order valence-corrected chi connectivity index (χ4v) is 6.54. The molecule has 194 valence electrons. The van der Waals surface area contributed by atoms with Crippen molar-refractivity contribution in [2.24, 2.45) is 5.73 Å². The molecule has 37 heavy (non-hydrogen) atoms. The second-order valence-corrected chi connectivity index (χ2v) is 12.5. The quantitative estimate of drug-likeness (QED) is 0.112. The predicted octanol–water partition coefficient (Wildman–Crippen LogP) is 6.35. The number of nitrogen functional groups attached to an aromatic ring is 1. The van der Waals surface area contributed by atoms with E-state index in [1.54, 1.807) is 18.3 Å². The van der Waals surface area contributed by atoms with Crippen LogP contribution in [0.5, 0.6) is 11.6 Å². The summed E-state index contributed by atoms with van der Waals surface area (Å²) in [7, 11) is -3.36. The molecule has 0 aliphatic heterocycles. The number of halogens is 1. The summed E-state index contributed by atoms with van der Waals surface area (Å²) < 4.78 is 35.3. The molecular weight excluding hydrogens is 601 g/mol. The molecule has 1 saturated carbocycles. The van der Waals surface area contributed by atoms with Gasteiger partial charge in [0, 0.05) is 34.9 Å². The van der Waals surface area contributed by atoms with Gasteiger partial charge in [0.15, 0.2) is 0 Å². The highest BCUT2D eigenvalue weighted by atomic mass is 127. The number of hydrogen-bond donors (Lipinski definition) is 3. The molecule has 8 nitrogen and oxygen atoms in total. The highest BCUT2D eigenvalue weighted by molar-refractivity contribution is 14.1. The molecule has 0 spiro atoms. The van der Waals surface area contributed by atoms with Crippen molar-refractivity contribution in [2.75, 3.05) is 16.2 Å². The lowest BCUT2D eigenvalue weighted by Crippen LogP contribution is -2.18. The van der Waals surface area contributed by atoms with Crippen LogP contribution in [0.1, 0.15) is 48.3 Å². The Morgan fingerprint density at radius 1 is 1.19 bits per heavy atom. The Bertz CT molecular complexity index is 1530. The number of fused-ring (bicyclic) bond motifs is 1. The number of sulfonamides is 1. The van der Waals surface area contributed by atoms with Gasteiger partial charge in [-0.05, 0) is 67.6 Å². The molecule has 5 N–H and O–H groups in total. The number of nitrogens with one attached hydrogen (secondary N) is 1. The average molecular weight is 632 g/mol. The van der Waals surface area contributed by atoms with Gasteiger partial charge in [-0.15, -0.1) is 0 Å². The highest BCUT2D eigenvalue weighted by Gasteiger charge is 2.29. The lowest BCUT2D eigenvalue weighted by molar-refractivity contribution is 0.323. The van der Waals surface area contributed by atoms with Gasteiger partial charge in [-0.3, -0.25) is 4.72 Å². The maximum atomic E-state index is 12.2. The van der Waals surface area contributed by atoms with Crippen LogP contribution in [0.4, 0.5) is 11.4 Å².